The van der Waals surface area contributed by atoms with Crippen LogP contribution in [0, 0.1) is 5.41 Å². The smallest absolute Gasteiger partial charge is 0.151 e. The molecule has 0 bridgehead atoms. The molecule has 5 heteroatoms. The molecular weight excluding hydrogens is 220 g/mol. The van der Waals surface area contributed by atoms with Crippen molar-refractivity contribution < 1.29 is 4.74 Å². The van der Waals surface area contributed by atoms with Crippen molar-refractivity contribution in [2.45, 2.75) is 5.75 Å². The summed E-state index contributed by atoms with van der Waals surface area (Å²) in [5, 5.41) is 7.74. The molecule has 76 valence electrons. The normalized spacial score (nSPS) is 9.86. The Morgan fingerprint density at radius 2 is 2.36 bits per heavy atom. The SMILES string of the molecule is COc1ccc(CSC(=N)N)cc1Cl. The van der Waals surface area contributed by atoms with E-state index in [2.05, 4.69) is 0 Å². The van der Waals surface area contributed by atoms with Gasteiger partial charge in [-0.2, -0.15) is 0 Å². The molecule has 0 fully saturated rings. The highest BCUT2D eigenvalue weighted by Gasteiger charge is 2.02. The number of nitrogens with two attached hydrogens (primary N) is 1. The van der Waals surface area contributed by atoms with Gasteiger partial charge in [0.15, 0.2) is 5.17 Å². The number of thioether (sulfide) groups is 1. The van der Waals surface area contributed by atoms with Gasteiger partial charge in [-0.25, -0.2) is 0 Å². The second-order valence-corrected chi connectivity index (χ2v) is 4.05. The lowest BCUT2D eigenvalue weighted by Gasteiger charge is -2.05. The van der Waals surface area contributed by atoms with Crippen LogP contribution in [0.25, 0.3) is 0 Å². The minimum absolute atomic E-state index is 0.108. The summed E-state index contributed by atoms with van der Waals surface area (Å²) in [5.74, 6) is 1.31. The molecule has 0 spiro atoms. The number of ether oxygens (including phenoxy) is 1. The molecule has 0 unspecified atom stereocenters. The number of nitrogens with one attached hydrogen (secondary N) is 1. The number of halogens is 1. The Morgan fingerprint density at radius 1 is 1.64 bits per heavy atom. The Balaban J connectivity index is 2.71. The van der Waals surface area contributed by atoms with E-state index in [1.807, 2.05) is 12.1 Å². The molecular formula is C9H11ClN2OS. The highest BCUT2D eigenvalue weighted by atomic mass is 35.5. The van der Waals surface area contributed by atoms with E-state index < -0.39 is 0 Å². The van der Waals surface area contributed by atoms with Crippen molar-refractivity contribution in [1.82, 2.24) is 0 Å². The Bertz CT molecular complexity index is 344. The summed E-state index contributed by atoms with van der Waals surface area (Å²) >= 11 is 7.19. The van der Waals surface area contributed by atoms with Crippen LogP contribution in [0.4, 0.5) is 0 Å². The molecule has 1 aromatic rings. The van der Waals surface area contributed by atoms with Crippen LogP contribution in [0.2, 0.25) is 5.02 Å². The van der Waals surface area contributed by atoms with Gasteiger partial charge in [0.2, 0.25) is 0 Å². The molecule has 1 rings (SSSR count). The van der Waals surface area contributed by atoms with Crippen LogP contribution >= 0.6 is 23.4 Å². The minimum Gasteiger partial charge on any atom is -0.495 e. The summed E-state index contributed by atoms with van der Waals surface area (Å²) in [6, 6.07) is 5.52. The van der Waals surface area contributed by atoms with E-state index in [9.17, 15) is 0 Å². The molecule has 0 amide bonds. The van der Waals surface area contributed by atoms with E-state index >= 15 is 0 Å². The largest absolute Gasteiger partial charge is 0.495 e. The first-order chi connectivity index (χ1) is 6.63. The number of rotatable bonds is 3. The minimum atomic E-state index is 0.108. The fourth-order valence-corrected chi connectivity index (χ4v) is 1.74. The lowest BCUT2D eigenvalue weighted by Crippen LogP contribution is -2.03. The van der Waals surface area contributed by atoms with Gasteiger partial charge in [-0.3, -0.25) is 5.41 Å². The average molecular weight is 231 g/mol. The predicted octanol–water partition coefficient (Wildman–Crippen LogP) is 2.48. The first-order valence-electron chi connectivity index (χ1n) is 3.92. The second kappa shape index (κ2) is 5.12. The van der Waals surface area contributed by atoms with Gasteiger partial charge in [-0.05, 0) is 17.7 Å². The standard InChI is InChI=1S/C9H11ClN2OS/c1-13-8-3-2-6(4-7(8)10)5-14-9(11)12/h2-4H,5H2,1H3,(H3,11,12). The van der Waals surface area contributed by atoms with Crippen LogP contribution in [0.1, 0.15) is 5.56 Å². The zero-order valence-electron chi connectivity index (χ0n) is 7.71. The Labute approximate surface area is 92.1 Å². The Morgan fingerprint density at radius 3 is 2.86 bits per heavy atom. The van der Waals surface area contributed by atoms with Crippen LogP contribution < -0.4 is 10.5 Å². The second-order valence-electron chi connectivity index (χ2n) is 2.62. The Kier molecular flexibility index (Phi) is 4.10. The predicted molar refractivity (Wildman–Crippen MR) is 61.2 cm³/mol. The van der Waals surface area contributed by atoms with Gasteiger partial charge in [0.25, 0.3) is 0 Å². The van der Waals surface area contributed by atoms with Crippen LogP contribution in [-0.2, 0) is 5.75 Å². The molecule has 0 aliphatic rings. The van der Waals surface area contributed by atoms with E-state index in [4.69, 9.17) is 27.5 Å². The molecule has 1 aromatic carbocycles. The van der Waals surface area contributed by atoms with Crippen LogP contribution in [0.5, 0.6) is 5.75 Å². The van der Waals surface area contributed by atoms with Gasteiger partial charge in [0.1, 0.15) is 5.75 Å². The summed E-state index contributed by atoms with van der Waals surface area (Å²) < 4.78 is 5.02. The van der Waals surface area contributed by atoms with Gasteiger partial charge in [-0.15, -0.1) is 0 Å². The third kappa shape index (κ3) is 3.12. The number of benzene rings is 1. The molecule has 0 radical (unpaired) electrons. The molecule has 0 saturated carbocycles. The van der Waals surface area contributed by atoms with Crippen molar-refractivity contribution in [3.63, 3.8) is 0 Å². The number of hydrogen-bond acceptors (Lipinski definition) is 3. The maximum absolute atomic E-state index is 7.06. The molecule has 0 heterocycles. The molecule has 0 aromatic heterocycles. The van der Waals surface area contributed by atoms with Gasteiger partial charge in [-0.1, -0.05) is 29.4 Å². The highest BCUT2D eigenvalue weighted by molar-refractivity contribution is 8.13. The topological polar surface area (TPSA) is 59.1 Å². The number of methoxy groups -OCH3 is 1. The summed E-state index contributed by atoms with van der Waals surface area (Å²) in [6.45, 7) is 0. The van der Waals surface area contributed by atoms with Crippen molar-refractivity contribution in [2.75, 3.05) is 7.11 Å². The third-order valence-electron chi connectivity index (χ3n) is 1.61. The highest BCUT2D eigenvalue weighted by Crippen LogP contribution is 2.26. The molecule has 14 heavy (non-hydrogen) atoms. The van der Waals surface area contributed by atoms with Gasteiger partial charge < -0.3 is 10.5 Å². The van der Waals surface area contributed by atoms with Crippen molar-refractivity contribution in [2.24, 2.45) is 5.73 Å². The van der Waals surface area contributed by atoms with E-state index in [1.54, 1.807) is 13.2 Å². The van der Waals surface area contributed by atoms with Crippen LogP contribution in [0.15, 0.2) is 18.2 Å². The molecule has 0 aliphatic carbocycles. The molecule has 0 atom stereocenters. The van der Waals surface area contributed by atoms with Crippen molar-refractivity contribution in [3.05, 3.63) is 28.8 Å². The fraction of sp³-hybridized carbons (Fsp3) is 0.222. The van der Waals surface area contributed by atoms with Crippen molar-refractivity contribution in [3.8, 4) is 5.75 Å². The molecule has 3 nitrogen and oxygen atoms in total. The molecule has 0 saturated heterocycles. The summed E-state index contributed by atoms with van der Waals surface area (Å²) in [6.07, 6.45) is 0. The van der Waals surface area contributed by atoms with Crippen LogP contribution in [-0.4, -0.2) is 12.3 Å². The quantitative estimate of drug-likeness (QED) is 0.620. The number of hydrogen-bond donors (Lipinski definition) is 2. The van der Waals surface area contributed by atoms with Crippen molar-refractivity contribution >= 4 is 28.5 Å². The Hall–Kier alpha value is -0.870. The first-order valence-corrected chi connectivity index (χ1v) is 5.29. The van der Waals surface area contributed by atoms with E-state index in [1.165, 1.54) is 11.8 Å². The van der Waals surface area contributed by atoms with Gasteiger partial charge >= 0.3 is 0 Å². The van der Waals surface area contributed by atoms with E-state index in [0.717, 1.165) is 5.56 Å². The van der Waals surface area contributed by atoms with E-state index in [-0.39, 0.29) is 5.17 Å². The summed E-state index contributed by atoms with van der Waals surface area (Å²) in [7, 11) is 1.57. The van der Waals surface area contributed by atoms with E-state index in [0.29, 0.717) is 16.5 Å². The van der Waals surface area contributed by atoms with Gasteiger partial charge in [0, 0.05) is 5.75 Å². The zero-order valence-corrected chi connectivity index (χ0v) is 9.28. The summed E-state index contributed by atoms with van der Waals surface area (Å²) in [5.41, 5.74) is 6.25. The lowest BCUT2D eigenvalue weighted by atomic mass is 10.2. The lowest BCUT2D eigenvalue weighted by molar-refractivity contribution is 0.415. The fourth-order valence-electron chi connectivity index (χ4n) is 0.961. The summed E-state index contributed by atoms with van der Waals surface area (Å²) in [4.78, 5) is 0. The third-order valence-corrected chi connectivity index (χ3v) is 2.69. The first kappa shape index (κ1) is 11.2. The molecule has 3 N–H and O–H groups in total. The monoisotopic (exact) mass is 230 g/mol. The maximum Gasteiger partial charge on any atom is 0.151 e. The van der Waals surface area contributed by atoms with Crippen molar-refractivity contribution in [1.29, 1.82) is 5.41 Å². The van der Waals surface area contributed by atoms with Gasteiger partial charge in [0.05, 0.1) is 12.1 Å². The zero-order chi connectivity index (χ0) is 10.6. The van der Waals surface area contributed by atoms with Crippen LogP contribution in [0.3, 0.4) is 0 Å². The molecule has 0 aliphatic heterocycles. The maximum atomic E-state index is 7.06. The number of amidine groups is 1. The average Bonchev–Trinajstić information content (AvgIpc) is 2.15.